The second kappa shape index (κ2) is 5.62. The number of hydrogen-bond acceptors (Lipinski definition) is 4. The molecule has 0 aromatic carbocycles. The van der Waals surface area contributed by atoms with E-state index < -0.39 is 0 Å². The molecule has 0 atom stereocenters. The van der Waals surface area contributed by atoms with Crippen molar-refractivity contribution >= 4 is 11.9 Å². The molecule has 0 aliphatic carbocycles. The van der Waals surface area contributed by atoms with E-state index in [-0.39, 0.29) is 5.91 Å². The molecule has 1 aliphatic rings. The third-order valence-electron chi connectivity index (χ3n) is 2.87. The molecule has 1 aromatic heterocycles. The molecule has 2 heterocycles. The highest BCUT2D eigenvalue weighted by Crippen LogP contribution is 2.13. The van der Waals surface area contributed by atoms with Gasteiger partial charge >= 0.3 is 0 Å². The first-order valence-electron chi connectivity index (χ1n) is 6.20. The predicted octanol–water partition coefficient (Wildman–Crippen LogP) is 1.62. The fourth-order valence-corrected chi connectivity index (χ4v) is 2.00. The van der Waals surface area contributed by atoms with E-state index in [1.54, 1.807) is 12.1 Å². The minimum atomic E-state index is -0.000321. The van der Waals surface area contributed by atoms with Gasteiger partial charge in [0.1, 0.15) is 5.69 Å². The van der Waals surface area contributed by atoms with Gasteiger partial charge in [-0.1, -0.05) is 6.08 Å². The zero-order chi connectivity index (χ0) is 13.0. The van der Waals surface area contributed by atoms with Gasteiger partial charge in [0.25, 0.3) is 5.91 Å². The van der Waals surface area contributed by atoms with Gasteiger partial charge in [-0.15, -0.1) is 6.58 Å². The summed E-state index contributed by atoms with van der Waals surface area (Å²) in [4.78, 5) is 22.6. The molecular weight excluding hydrogens is 228 g/mol. The Morgan fingerprint density at radius 1 is 1.50 bits per heavy atom. The largest absolute Gasteiger partial charge is 0.351 e. The molecule has 0 bridgehead atoms. The summed E-state index contributed by atoms with van der Waals surface area (Å²) >= 11 is 0. The molecule has 0 radical (unpaired) electrons. The average molecular weight is 246 g/mol. The molecule has 5 nitrogen and oxygen atoms in total. The third-order valence-corrected chi connectivity index (χ3v) is 2.87. The van der Waals surface area contributed by atoms with Gasteiger partial charge in [0.2, 0.25) is 5.95 Å². The number of carbonyl (C=O) groups excluding carboxylic acids is 1. The number of aryl methyl sites for hydroxylation is 1. The number of aromatic nitrogens is 2. The van der Waals surface area contributed by atoms with Crippen LogP contribution < -0.4 is 5.32 Å². The van der Waals surface area contributed by atoms with E-state index in [4.69, 9.17) is 0 Å². The maximum absolute atomic E-state index is 12.2. The first-order chi connectivity index (χ1) is 8.70. The van der Waals surface area contributed by atoms with E-state index in [1.807, 2.05) is 11.8 Å². The van der Waals surface area contributed by atoms with Crippen molar-refractivity contribution in [2.24, 2.45) is 0 Å². The van der Waals surface area contributed by atoms with Crippen LogP contribution in [0.4, 0.5) is 5.95 Å². The highest BCUT2D eigenvalue weighted by atomic mass is 16.2. The van der Waals surface area contributed by atoms with Gasteiger partial charge < -0.3 is 10.2 Å². The van der Waals surface area contributed by atoms with Gasteiger partial charge in [0, 0.05) is 25.3 Å². The fraction of sp³-hybridized carbons (Fsp3) is 0.462. The Labute approximate surface area is 107 Å². The van der Waals surface area contributed by atoms with E-state index in [9.17, 15) is 4.79 Å². The van der Waals surface area contributed by atoms with E-state index in [2.05, 4.69) is 21.9 Å². The molecule has 0 saturated carbocycles. The van der Waals surface area contributed by atoms with Crippen LogP contribution in [0, 0.1) is 6.92 Å². The Balaban J connectivity index is 2.18. The highest BCUT2D eigenvalue weighted by Gasteiger charge is 2.21. The lowest BCUT2D eigenvalue weighted by atomic mass is 10.3. The number of rotatable bonds is 4. The van der Waals surface area contributed by atoms with Crippen molar-refractivity contribution in [1.82, 2.24) is 14.9 Å². The van der Waals surface area contributed by atoms with Crippen LogP contribution in [0.2, 0.25) is 0 Å². The number of nitrogens with one attached hydrogen (secondary N) is 1. The standard InChI is InChI=1S/C13H18N4O/c1-3-6-14-13-15-10(2)9-11(16-13)12(18)17-7-4-5-8-17/h3,9H,1,4-8H2,2H3,(H,14,15,16). The maximum atomic E-state index is 12.2. The van der Waals surface area contributed by atoms with Crippen molar-refractivity contribution in [3.8, 4) is 0 Å². The third kappa shape index (κ3) is 2.85. The number of amides is 1. The number of likely N-dealkylation sites (tertiary alicyclic amines) is 1. The molecule has 1 saturated heterocycles. The van der Waals surface area contributed by atoms with Gasteiger partial charge in [-0.25, -0.2) is 9.97 Å². The molecular formula is C13H18N4O. The molecule has 5 heteroatoms. The van der Waals surface area contributed by atoms with Crippen molar-refractivity contribution in [3.63, 3.8) is 0 Å². The van der Waals surface area contributed by atoms with Crippen molar-refractivity contribution in [2.75, 3.05) is 25.0 Å². The smallest absolute Gasteiger partial charge is 0.272 e. The summed E-state index contributed by atoms with van der Waals surface area (Å²) in [7, 11) is 0. The van der Waals surface area contributed by atoms with Gasteiger partial charge in [-0.2, -0.15) is 0 Å². The Morgan fingerprint density at radius 2 is 2.22 bits per heavy atom. The maximum Gasteiger partial charge on any atom is 0.272 e. The van der Waals surface area contributed by atoms with Gasteiger partial charge in [0.05, 0.1) is 0 Å². The van der Waals surface area contributed by atoms with Crippen LogP contribution in [-0.4, -0.2) is 40.4 Å². The molecule has 1 fully saturated rings. The Hall–Kier alpha value is -1.91. The minimum Gasteiger partial charge on any atom is -0.351 e. The van der Waals surface area contributed by atoms with Crippen LogP contribution in [0.3, 0.4) is 0 Å². The second-order valence-corrected chi connectivity index (χ2v) is 4.39. The van der Waals surface area contributed by atoms with E-state index in [0.29, 0.717) is 18.2 Å². The average Bonchev–Trinajstić information content (AvgIpc) is 2.88. The minimum absolute atomic E-state index is 0.000321. The quantitative estimate of drug-likeness (QED) is 0.820. The van der Waals surface area contributed by atoms with Crippen LogP contribution in [0.25, 0.3) is 0 Å². The molecule has 1 N–H and O–H groups in total. The molecule has 1 aliphatic heterocycles. The number of anilines is 1. The lowest BCUT2D eigenvalue weighted by molar-refractivity contribution is 0.0787. The van der Waals surface area contributed by atoms with Crippen LogP contribution >= 0.6 is 0 Å². The Morgan fingerprint density at radius 3 is 2.89 bits per heavy atom. The van der Waals surface area contributed by atoms with Crippen LogP contribution in [-0.2, 0) is 0 Å². The Kier molecular flexibility index (Phi) is 3.92. The van der Waals surface area contributed by atoms with E-state index >= 15 is 0 Å². The van der Waals surface area contributed by atoms with Crippen LogP contribution in [0.5, 0.6) is 0 Å². The first kappa shape index (κ1) is 12.5. The van der Waals surface area contributed by atoms with Crippen molar-refractivity contribution < 1.29 is 4.79 Å². The summed E-state index contributed by atoms with van der Waals surface area (Å²) in [6.07, 6.45) is 3.89. The number of hydrogen-bond donors (Lipinski definition) is 1. The second-order valence-electron chi connectivity index (χ2n) is 4.39. The van der Waals surface area contributed by atoms with E-state index in [0.717, 1.165) is 31.6 Å². The normalized spacial score (nSPS) is 14.6. The lowest BCUT2D eigenvalue weighted by Gasteiger charge is -2.15. The summed E-state index contributed by atoms with van der Waals surface area (Å²) in [6, 6.07) is 1.74. The number of carbonyl (C=O) groups is 1. The first-order valence-corrected chi connectivity index (χ1v) is 6.20. The summed E-state index contributed by atoms with van der Waals surface area (Å²) in [6.45, 7) is 7.73. The predicted molar refractivity (Wildman–Crippen MR) is 70.6 cm³/mol. The summed E-state index contributed by atoms with van der Waals surface area (Å²) in [5.74, 6) is 0.483. The van der Waals surface area contributed by atoms with Crippen LogP contribution in [0.15, 0.2) is 18.7 Å². The lowest BCUT2D eigenvalue weighted by Crippen LogP contribution is -2.28. The zero-order valence-electron chi connectivity index (χ0n) is 10.6. The molecule has 0 unspecified atom stereocenters. The molecule has 0 spiro atoms. The molecule has 1 aromatic rings. The molecule has 1 amide bonds. The monoisotopic (exact) mass is 246 g/mol. The molecule has 2 rings (SSSR count). The van der Waals surface area contributed by atoms with E-state index in [1.165, 1.54) is 0 Å². The fourth-order valence-electron chi connectivity index (χ4n) is 2.00. The Bertz CT molecular complexity index is 452. The SMILES string of the molecule is C=CCNc1nc(C)cc(C(=O)N2CCCC2)n1. The van der Waals surface area contributed by atoms with Crippen molar-refractivity contribution in [1.29, 1.82) is 0 Å². The van der Waals surface area contributed by atoms with Crippen LogP contribution in [0.1, 0.15) is 29.0 Å². The van der Waals surface area contributed by atoms with Gasteiger partial charge in [-0.3, -0.25) is 4.79 Å². The van der Waals surface area contributed by atoms with Crippen molar-refractivity contribution in [3.05, 3.63) is 30.1 Å². The highest BCUT2D eigenvalue weighted by molar-refractivity contribution is 5.92. The summed E-state index contributed by atoms with van der Waals surface area (Å²) < 4.78 is 0. The molecule has 96 valence electrons. The van der Waals surface area contributed by atoms with Crippen molar-refractivity contribution in [2.45, 2.75) is 19.8 Å². The number of nitrogens with zero attached hydrogens (tertiary/aromatic N) is 3. The topological polar surface area (TPSA) is 58.1 Å². The van der Waals surface area contributed by atoms with Gasteiger partial charge in [-0.05, 0) is 25.8 Å². The zero-order valence-corrected chi connectivity index (χ0v) is 10.6. The molecule has 18 heavy (non-hydrogen) atoms. The summed E-state index contributed by atoms with van der Waals surface area (Å²) in [5, 5.41) is 3.01. The summed E-state index contributed by atoms with van der Waals surface area (Å²) in [5.41, 5.74) is 1.26. The van der Waals surface area contributed by atoms with Gasteiger partial charge in [0.15, 0.2) is 0 Å².